The lowest BCUT2D eigenvalue weighted by molar-refractivity contribution is -0.122. The molecule has 1 fully saturated rings. The Bertz CT molecular complexity index is 724. The smallest absolute Gasteiger partial charge is 0.266 e. The molecule has 2 heterocycles. The average Bonchev–Trinajstić information content (AvgIpc) is 2.83. The van der Waals surface area contributed by atoms with Crippen molar-refractivity contribution in [3.05, 3.63) is 46.4 Å². The van der Waals surface area contributed by atoms with E-state index in [1.54, 1.807) is 4.90 Å². The van der Waals surface area contributed by atoms with Crippen LogP contribution in [0.5, 0.6) is 5.75 Å². The summed E-state index contributed by atoms with van der Waals surface area (Å²) in [6.45, 7) is 4.86. The first kappa shape index (κ1) is 17.2. The van der Waals surface area contributed by atoms with Crippen LogP contribution in [-0.4, -0.2) is 27.8 Å². The third-order valence-corrected chi connectivity index (χ3v) is 5.55. The van der Waals surface area contributed by atoms with E-state index < -0.39 is 0 Å². The van der Waals surface area contributed by atoms with E-state index in [1.165, 1.54) is 11.8 Å². The number of ether oxygens (including phenoxy) is 1. The minimum atomic E-state index is -0.0801. The van der Waals surface area contributed by atoms with Crippen LogP contribution in [0.25, 0.3) is 6.08 Å². The maximum atomic E-state index is 12.6. The summed E-state index contributed by atoms with van der Waals surface area (Å²) in [7, 11) is 0. The van der Waals surface area contributed by atoms with Crippen LogP contribution in [0.1, 0.15) is 38.7 Å². The zero-order valence-corrected chi connectivity index (χ0v) is 15.6. The Labute approximate surface area is 152 Å². The third-order valence-electron chi connectivity index (χ3n) is 4.17. The zero-order valence-electron chi connectivity index (χ0n) is 14.0. The Morgan fingerprint density at radius 2 is 2.12 bits per heavy atom. The summed E-state index contributed by atoms with van der Waals surface area (Å²) in [5.41, 5.74) is 2.04. The molecule has 1 atom stereocenters. The second-order valence-corrected chi connectivity index (χ2v) is 7.66. The minimum absolute atomic E-state index is 0.0214. The van der Waals surface area contributed by atoms with Crippen LogP contribution in [0, 0.1) is 0 Å². The molecule has 0 radical (unpaired) electrons. The van der Waals surface area contributed by atoms with E-state index in [0.717, 1.165) is 36.1 Å². The Morgan fingerprint density at radius 3 is 2.92 bits per heavy atom. The predicted molar refractivity (Wildman–Crippen MR) is 104 cm³/mol. The van der Waals surface area contributed by atoms with Gasteiger partial charge in [0.15, 0.2) is 0 Å². The van der Waals surface area contributed by atoms with E-state index in [4.69, 9.17) is 17.0 Å². The van der Waals surface area contributed by atoms with E-state index in [2.05, 4.69) is 13.0 Å². The SMILES string of the molecule is CCCCCN1C(=O)C(=CC2=Cc3ccccc3OC2C)SC1=S. The number of carbonyl (C=O) groups excluding carboxylic acids is 1. The summed E-state index contributed by atoms with van der Waals surface area (Å²) in [6, 6.07) is 7.93. The van der Waals surface area contributed by atoms with Crippen molar-refractivity contribution in [1.29, 1.82) is 0 Å². The fourth-order valence-electron chi connectivity index (χ4n) is 2.79. The van der Waals surface area contributed by atoms with Crippen molar-refractivity contribution in [3.8, 4) is 5.75 Å². The lowest BCUT2D eigenvalue weighted by atomic mass is 10.0. The monoisotopic (exact) mass is 359 g/mol. The number of benzene rings is 1. The highest BCUT2D eigenvalue weighted by Gasteiger charge is 2.32. The van der Waals surface area contributed by atoms with Gasteiger partial charge in [0.25, 0.3) is 5.91 Å². The number of fused-ring (bicyclic) bond motifs is 1. The van der Waals surface area contributed by atoms with Crippen LogP contribution >= 0.6 is 24.0 Å². The van der Waals surface area contributed by atoms with Gasteiger partial charge in [-0.1, -0.05) is 61.9 Å². The summed E-state index contributed by atoms with van der Waals surface area (Å²) in [6.07, 6.45) is 7.18. The van der Waals surface area contributed by atoms with Gasteiger partial charge >= 0.3 is 0 Å². The van der Waals surface area contributed by atoms with Crippen molar-refractivity contribution in [1.82, 2.24) is 4.90 Å². The van der Waals surface area contributed by atoms with Crippen molar-refractivity contribution in [2.24, 2.45) is 0 Å². The molecule has 2 aliphatic rings. The number of hydrogen-bond acceptors (Lipinski definition) is 4. The van der Waals surface area contributed by atoms with Crippen molar-refractivity contribution in [2.45, 2.75) is 39.2 Å². The van der Waals surface area contributed by atoms with Crippen LogP contribution in [0.2, 0.25) is 0 Å². The van der Waals surface area contributed by atoms with Gasteiger partial charge in [-0.05, 0) is 37.1 Å². The molecule has 1 amide bonds. The fraction of sp³-hybridized carbons (Fsp3) is 0.368. The minimum Gasteiger partial charge on any atom is -0.485 e. The molecule has 0 spiro atoms. The second kappa shape index (κ2) is 7.53. The highest BCUT2D eigenvalue weighted by Crippen LogP contribution is 2.35. The van der Waals surface area contributed by atoms with E-state index >= 15 is 0 Å². The Balaban J connectivity index is 1.80. The number of amides is 1. The van der Waals surface area contributed by atoms with Crippen LogP contribution in [0.3, 0.4) is 0 Å². The number of thiocarbonyl (C=S) groups is 1. The average molecular weight is 360 g/mol. The maximum absolute atomic E-state index is 12.6. The first-order chi connectivity index (χ1) is 11.6. The Kier molecular flexibility index (Phi) is 5.41. The number of rotatable bonds is 5. The van der Waals surface area contributed by atoms with Crippen molar-refractivity contribution in [3.63, 3.8) is 0 Å². The molecule has 2 aliphatic heterocycles. The van der Waals surface area contributed by atoms with Gasteiger partial charge in [0.1, 0.15) is 16.2 Å². The number of para-hydroxylation sites is 1. The predicted octanol–water partition coefficient (Wildman–Crippen LogP) is 4.79. The van der Waals surface area contributed by atoms with Crippen LogP contribution < -0.4 is 4.74 Å². The highest BCUT2D eigenvalue weighted by molar-refractivity contribution is 8.26. The number of hydrogen-bond donors (Lipinski definition) is 0. The molecule has 1 saturated heterocycles. The molecular weight excluding hydrogens is 338 g/mol. The number of carbonyl (C=O) groups is 1. The lowest BCUT2D eigenvalue weighted by Gasteiger charge is -2.23. The molecule has 126 valence electrons. The van der Waals surface area contributed by atoms with Gasteiger partial charge in [-0.15, -0.1) is 0 Å². The molecule has 0 aromatic heterocycles. The summed E-state index contributed by atoms with van der Waals surface area (Å²) in [5, 5.41) is 0. The van der Waals surface area contributed by atoms with E-state index in [1.807, 2.05) is 37.3 Å². The molecule has 0 bridgehead atoms. The molecule has 0 N–H and O–H groups in total. The number of thioether (sulfide) groups is 1. The van der Waals surface area contributed by atoms with Crippen molar-refractivity contribution in [2.75, 3.05) is 6.54 Å². The van der Waals surface area contributed by atoms with Gasteiger partial charge in [0.05, 0.1) is 4.91 Å². The van der Waals surface area contributed by atoms with Gasteiger partial charge in [-0.25, -0.2) is 0 Å². The van der Waals surface area contributed by atoms with Crippen LogP contribution in [-0.2, 0) is 4.79 Å². The highest BCUT2D eigenvalue weighted by atomic mass is 32.2. The summed E-state index contributed by atoms with van der Waals surface area (Å²) in [5.74, 6) is 0.905. The Morgan fingerprint density at radius 1 is 1.33 bits per heavy atom. The molecule has 1 aromatic carbocycles. The number of unbranched alkanes of at least 4 members (excludes halogenated alkanes) is 2. The van der Waals surface area contributed by atoms with E-state index in [-0.39, 0.29) is 12.0 Å². The third kappa shape index (κ3) is 3.57. The summed E-state index contributed by atoms with van der Waals surface area (Å²) >= 11 is 6.77. The Hall–Kier alpha value is -1.59. The standard InChI is InChI=1S/C19H21NO2S2/c1-3-4-7-10-20-18(21)17(24-19(20)23)12-15-11-14-8-5-6-9-16(14)22-13(15)2/h5-6,8-9,11-13H,3-4,7,10H2,1-2H3. The van der Waals surface area contributed by atoms with Crippen LogP contribution in [0.15, 0.2) is 40.8 Å². The van der Waals surface area contributed by atoms with Gasteiger partial charge in [0, 0.05) is 12.1 Å². The zero-order chi connectivity index (χ0) is 17.1. The van der Waals surface area contributed by atoms with Gasteiger partial charge in [-0.3, -0.25) is 9.69 Å². The molecule has 1 unspecified atom stereocenters. The van der Waals surface area contributed by atoms with Gasteiger partial charge in [0.2, 0.25) is 0 Å². The topological polar surface area (TPSA) is 29.5 Å². The van der Waals surface area contributed by atoms with Crippen molar-refractivity contribution < 1.29 is 9.53 Å². The summed E-state index contributed by atoms with van der Waals surface area (Å²) in [4.78, 5) is 15.0. The summed E-state index contributed by atoms with van der Waals surface area (Å²) < 4.78 is 6.60. The van der Waals surface area contributed by atoms with Gasteiger partial charge in [-0.2, -0.15) is 0 Å². The van der Waals surface area contributed by atoms with Crippen LogP contribution in [0.4, 0.5) is 0 Å². The molecule has 3 rings (SSSR count). The lowest BCUT2D eigenvalue weighted by Crippen LogP contribution is -2.29. The first-order valence-electron chi connectivity index (χ1n) is 8.32. The van der Waals surface area contributed by atoms with E-state index in [9.17, 15) is 4.79 Å². The molecule has 0 aliphatic carbocycles. The normalized spacial score (nSPS) is 21.8. The molecule has 0 saturated carbocycles. The quantitative estimate of drug-likeness (QED) is 0.430. The first-order valence-corrected chi connectivity index (χ1v) is 9.55. The molecular formula is C19H21NO2S2. The second-order valence-electron chi connectivity index (χ2n) is 5.98. The molecule has 3 nitrogen and oxygen atoms in total. The maximum Gasteiger partial charge on any atom is 0.266 e. The molecule has 5 heteroatoms. The van der Waals surface area contributed by atoms with E-state index in [0.29, 0.717) is 15.8 Å². The largest absolute Gasteiger partial charge is 0.485 e. The number of nitrogens with zero attached hydrogens (tertiary/aromatic N) is 1. The van der Waals surface area contributed by atoms with Crippen molar-refractivity contribution >= 4 is 40.3 Å². The fourth-order valence-corrected chi connectivity index (χ4v) is 4.09. The molecule has 24 heavy (non-hydrogen) atoms. The van der Waals surface area contributed by atoms with Gasteiger partial charge < -0.3 is 4.74 Å². The molecule has 1 aromatic rings.